The molecule has 7 heteroatoms. The lowest BCUT2D eigenvalue weighted by Crippen LogP contribution is -2.34. The maximum absolute atomic E-state index is 12.8. The van der Waals surface area contributed by atoms with Gasteiger partial charge in [0.2, 0.25) is 6.79 Å². The zero-order chi connectivity index (χ0) is 18.6. The van der Waals surface area contributed by atoms with Gasteiger partial charge in [-0.15, -0.1) is 0 Å². The Kier molecular flexibility index (Phi) is 4.65. The van der Waals surface area contributed by atoms with Crippen molar-refractivity contribution in [3.05, 3.63) is 66.5 Å². The Morgan fingerprint density at radius 3 is 2.85 bits per heavy atom. The van der Waals surface area contributed by atoms with Gasteiger partial charge in [0.15, 0.2) is 11.5 Å². The van der Waals surface area contributed by atoms with Crippen LogP contribution in [0.2, 0.25) is 0 Å². The van der Waals surface area contributed by atoms with Crippen LogP contribution in [0.25, 0.3) is 5.69 Å². The van der Waals surface area contributed by atoms with E-state index in [-0.39, 0.29) is 12.8 Å². The van der Waals surface area contributed by atoms with E-state index in [1.807, 2.05) is 61.7 Å². The van der Waals surface area contributed by atoms with Crippen LogP contribution < -0.4 is 14.8 Å². The molecule has 4 rings (SSSR count). The second-order valence-electron chi connectivity index (χ2n) is 6.10. The molecule has 2 aromatic carbocycles. The molecule has 0 saturated heterocycles. The summed E-state index contributed by atoms with van der Waals surface area (Å²) in [5.41, 5.74) is 2.50. The molecule has 1 aromatic heterocycles. The van der Waals surface area contributed by atoms with Gasteiger partial charge in [0.1, 0.15) is 0 Å². The van der Waals surface area contributed by atoms with Crippen molar-refractivity contribution < 1.29 is 14.3 Å². The normalized spacial score (nSPS) is 12.0. The Hall–Kier alpha value is -3.48. The van der Waals surface area contributed by atoms with Crippen LogP contribution in [0.1, 0.15) is 12.5 Å². The molecule has 27 heavy (non-hydrogen) atoms. The Labute approximate surface area is 157 Å². The molecule has 1 N–H and O–H groups in total. The summed E-state index contributed by atoms with van der Waals surface area (Å²) in [5.74, 6) is 1.45. The molecule has 0 aliphatic carbocycles. The number of benzene rings is 2. The maximum Gasteiger partial charge on any atom is 0.322 e. The highest BCUT2D eigenvalue weighted by molar-refractivity contribution is 5.91. The molecule has 0 spiro atoms. The fraction of sp³-hybridized carbons (Fsp3) is 0.200. The quantitative estimate of drug-likeness (QED) is 0.750. The lowest BCUT2D eigenvalue weighted by atomic mass is 10.2. The number of para-hydroxylation sites is 2. The maximum atomic E-state index is 12.8. The highest BCUT2D eigenvalue weighted by atomic mass is 16.7. The number of hydrogen-bond acceptors (Lipinski definition) is 4. The summed E-state index contributed by atoms with van der Waals surface area (Å²) in [5, 5.41) is 7.24. The lowest BCUT2D eigenvalue weighted by Gasteiger charge is -2.22. The first-order chi connectivity index (χ1) is 13.2. The number of ether oxygens (including phenoxy) is 2. The Morgan fingerprint density at radius 2 is 2.04 bits per heavy atom. The van der Waals surface area contributed by atoms with Crippen LogP contribution in [0.15, 0.2) is 60.9 Å². The number of anilines is 1. The van der Waals surface area contributed by atoms with E-state index >= 15 is 0 Å². The number of aromatic nitrogens is 2. The van der Waals surface area contributed by atoms with E-state index < -0.39 is 0 Å². The largest absolute Gasteiger partial charge is 0.454 e. The van der Waals surface area contributed by atoms with Crippen LogP contribution in [0, 0.1) is 0 Å². The van der Waals surface area contributed by atoms with Gasteiger partial charge in [0.25, 0.3) is 0 Å². The van der Waals surface area contributed by atoms with Crippen LogP contribution in [0.5, 0.6) is 11.5 Å². The van der Waals surface area contributed by atoms with Crippen LogP contribution in [0.3, 0.4) is 0 Å². The SMILES string of the molecule is CCN(Cc1ccc2c(c1)OCO2)C(=O)Nc1ccccc1-n1cccn1. The summed E-state index contributed by atoms with van der Waals surface area (Å²) >= 11 is 0. The van der Waals surface area contributed by atoms with E-state index in [1.54, 1.807) is 15.8 Å². The number of rotatable bonds is 5. The van der Waals surface area contributed by atoms with E-state index in [2.05, 4.69) is 10.4 Å². The van der Waals surface area contributed by atoms with Gasteiger partial charge in [-0.3, -0.25) is 0 Å². The standard InChI is InChI=1S/C20H20N4O3/c1-2-23(13-15-8-9-18-19(12-15)27-14-26-18)20(25)22-16-6-3-4-7-17(16)24-11-5-10-21-24/h3-12H,2,13-14H2,1H3,(H,22,25). The molecule has 1 aliphatic heterocycles. The molecule has 0 atom stereocenters. The first kappa shape index (κ1) is 17.0. The van der Waals surface area contributed by atoms with Gasteiger partial charge < -0.3 is 19.7 Å². The molecule has 138 valence electrons. The van der Waals surface area contributed by atoms with Crippen molar-refractivity contribution in [1.29, 1.82) is 0 Å². The first-order valence-electron chi connectivity index (χ1n) is 8.78. The summed E-state index contributed by atoms with van der Waals surface area (Å²) in [4.78, 5) is 14.6. The average molecular weight is 364 g/mol. The third-order valence-corrected chi connectivity index (χ3v) is 4.38. The van der Waals surface area contributed by atoms with Gasteiger partial charge in [0, 0.05) is 25.5 Å². The van der Waals surface area contributed by atoms with Crippen molar-refractivity contribution >= 4 is 11.7 Å². The van der Waals surface area contributed by atoms with Crippen molar-refractivity contribution in [2.45, 2.75) is 13.5 Å². The predicted molar refractivity (Wildman–Crippen MR) is 101 cm³/mol. The van der Waals surface area contributed by atoms with Gasteiger partial charge >= 0.3 is 6.03 Å². The van der Waals surface area contributed by atoms with E-state index in [9.17, 15) is 4.79 Å². The minimum atomic E-state index is -0.172. The Balaban J connectivity index is 1.50. The third kappa shape index (κ3) is 3.57. The summed E-state index contributed by atoms with van der Waals surface area (Å²) in [6, 6.07) is 15.0. The van der Waals surface area contributed by atoms with Gasteiger partial charge in [-0.2, -0.15) is 5.10 Å². The van der Waals surface area contributed by atoms with Gasteiger partial charge in [0.05, 0.1) is 11.4 Å². The first-order valence-corrected chi connectivity index (χ1v) is 8.78. The monoisotopic (exact) mass is 364 g/mol. The van der Waals surface area contributed by atoms with Crippen molar-refractivity contribution in [2.75, 3.05) is 18.7 Å². The van der Waals surface area contributed by atoms with Crippen molar-refractivity contribution in [3.63, 3.8) is 0 Å². The third-order valence-electron chi connectivity index (χ3n) is 4.38. The minimum absolute atomic E-state index is 0.172. The van der Waals surface area contributed by atoms with Gasteiger partial charge in [-0.1, -0.05) is 18.2 Å². The number of carbonyl (C=O) groups excluding carboxylic acids is 1. The number of fused-ring (bicyclic) bond motifs is 1. The second kappa shape index (κ2) is 7.41. The van der Waals surface area contributed by atoms with Gasteiger partial charge in [-0.25, -0.2) is 9.48 Å². The summed E-state index contributed by atoms with van der Waals surface area (Å²) in [6.45, 7) is 3.24. The minimum Gasteiger partial charge on any atom is -0.454 e. The molecule has 0 saturated carbocycles. The number of amides is 2. The number of hydrogen-bond donors (Lipinski definition) is 1. The molecular weight excluding hydrogens is 344 g/mol. The van der Waals surface area contributed by atoms with Crippen molar-refractivity contribution in [1.82, 2.24) is 14.7 Å². The molecule has 2 amide bonds. The molecule has 3 aromatic rings. The summed E-state index contributed by atoms with van der Waals surface area (Å²) in [6.07, 6.45) is 3.55. The van der Waals surface area contributed by atoms with Crippen LogP contribution in [0.4, 0.5) is 10.5 Å². The molecule has 2 heterocycles. The van der Waals surface area contributed by atoms with E-state index in [4.69, 9.17) is 9.47 Å². The predicted octanol–water partition coefficient (Wildman–Crippen LogP) is 3.66. The number of carbonyl (C=O) groups is 1. The fourth-order valence-electron chi connectivity index (χ4n) is 2.97. The number of nitrogens with one attached hydrogen (secondary N) is 1. The molecular formula is C20H20N4O3. The van der Waals surface area contributed by atoms with Gasteiger partial charge in [-0.05, 0) is 42.8 Å². The van der Waals surface area contributed by atoms with Crippen molar-refractivity contribution in [3.8, 4) is 17.2 Å². The number of nitrogens with zero attached hydrogens (tertiary/aromatic N) is 3. The highest BCUT2D eigenvalue weighted by Crippen LogP contribution is 2.32. The lowest BCUT2D eigenvalue weighted by molar-refractivity contribution is 0.174. The average Bonchev–Trinajstić information content (AvgIpc) is 3.37. The van der Waals surface area contributed by atoms with E-state index in [1.165, 1.54) is 0 Å². The smallest absolute Gasteiger partial charge is 0.322 e. The summed E-state index contributed by atoms with van der Waals surface area (Å²) in [7, 11) is 0. The van der Waals surface area contributed by atoms with Crippen molar-refractivity contribution in [2.24, 2.45) is 0 Å². The molecule has 0 bridgehead atoms. The molecule has 1 aliphatic rings. The molecule has 0 radical (unpaired) electrons. The molecule has 0 unspecified atom stereocenters. The van der Waals surface area contributed by atoms with E-state index in [0.717, 1.165) is 17.0 Å². The second-order valence-corrected chi connectivity index (χ2v) is 6.10. The zero-order valence-corrected chi connectivity index (χ0v) is 15.0. The van der Waals surface area contributed by atoms with Crippen LogP contribution in [-0.4, -0.2) is 34.0 Å². The highest BCUT2D eigenvalue weighted by Gasteiger charge is 2.17. The van der Waals surface area contributed by atoms with E-state index in [0.29, 0.717) is 24.5 Å². The zero-order valence-electron chi connectivity index (χ0n) is 15.0. The molecule has 7 nitrogen and oxygen atoms in total. The Morgan fingerprint density at radius 1 is 1.19 bits per heavy atom. The topological polar surface area (TPSA) is 68.6 Å². The summed E-state index contributed by atoms with van der Waals surface area (Å²) < 4.78 is 12.5. The van der Waals surface area contributed by atoms with Crippen LogP contribution in [-0.2, 0) is 6.54 Å². The number of urea groups is 1. The Bertz CT molecular complexity index is 940. The van der Waals surface area contributed by atoms with Crippen LogP contribution >= 0.6 is 0 Å². The fourth-order valence-corrected chi connectivity index (χ4v) is 2.97. The molecule has 0 fully saturated rings.